The van der Waals surface area contributed by atoms with Gasteiger partial charge in [-0.15, -0.1) is 0 Å². The summed E-state index contributed by atoms with van der Waals surface area (Å²) in [6, 6.07) is 2.81. The number of carbonyl (C=O) groups excluding carboxylic acids is 1. The Morgan fingerprint density at radius 1 is 1.50 bits per heavy atom. The number of primary amides is 1. The summed E-state index contributed by atoms with van der Waals surface area (Å²) in [5, 5.41) is 18.2. The van der Waals surface area contributed by atoms with Gasteiger partial charge in [-0.2, -0.15) is 0 Å². The van der Waals surface area contributed by atoms with Crippen molar-refractivity contribution in [3.63, 3.8) is 0 Å². The maximum Gasteiger partial charge on any atom is 0.241 e. The Hall–Kier alpha value is -2.21. The maximum atomic E-state index is 10.5. The van der Waals surface area contributed by atoms with Crippen LogP contribution in [-0.4, -0.2) is 23.4 Å². The van der Waals surface area contributed by atoms with Gasteiger partial charge in [0, 0.05) is 11.6 Å². The van der Waals surface area contributed by atoms with E-state index in [4.69, 9.17) is 15.7 Å². The molecule has 0 bridgehead atoms. The molecular weight excluding hydrogens is 214 g/mol. The number of ether oxygens (including phenoxy) is 1. The average Bonchev–Trinajstić information content (AvgIpc) is 2.26. The molecule has 1 aromatic rings. The molecule has 86 valence electrons. The van der Waals surface area contributed by atoms with Gasteiger partial charge in [0.05, 0.1) is 7.11 Å². The van der Waals surface area contributed by atoms with Crippen LogP contribution in [0, 0.1) is 0 Å². The molecule has 1 rings (SSSR count). The van der Waals surface area contributed by atoms with Gasteiger partial charge in [0.1, 0.15) is 0 Å². The Morgan fingerprint density at radius 3 is 2.69 bits per heavy atom. The quantitative estimate of drug-likeness (QED) is 0.398. The number of carbonyl (C=O) groups is 1. The molecular formula is C10H11NO5. The van der Waals surface area contributed by atoms with Crippen LogP contribution in [0.3, 0.4) is 0 Å². The Bertz CT molecular complexity index is 427. The number of phenolic OH excluding ortho intramolecular Hbond substituents is 1. The second-order valence-electron chi connectivity index (χ2n) is 2.86. The molecule has 0 aliphatic carbocycles. The lowest BCUT2D eigenvalue weighted by Gasteiger charge is -2.09. The van der Waals surface area contributed by atoms with Crippen molar-refractivity contribution in [1.82, 2.24) is 0 Å². The van der Waals surface area contributed by atoms with E-state index in [2.05, 4.69) is 4.89 Å². The van der Waals surface area contributed by atoms with E-state index in [1.54, 1.807) is 0 Å². The van der Waals surface area contributed by atoms with Crippen molar-refractivity contribution in [3.05, 3.63) is 23.8 Å². The van der Waals surface area contributed by atoms with Gasteiger partial charge >= 0.3 is 0 Å². The average molecular weight is 225 g/mol. The molecule has 0 aliphatic heterocycles. The molecule has 4 N–H and O–H groups in total. The van der Waals surface area contributed by atoms with E-state index in [9.17, 15) is 9.90 Å². The number of phenols is 1. The van der Waals surface area contributed by atoms with Gasteiger partial charge in [0.25, 0.3) is 0 Å². The zero-order valence-corrected chi connectivity index (χ0v) is 8.51. The van der Waals surface area contributed by atoms with Crippen LogP contribution in [0.2, 0.25) is 0 Å². The van der Waals surface area contributed by atoms with Crippen LogP contribution in [0.25, 0.3) is 6.08 Å². The number of aromatic hydroxyl groups is 1. The Morgan fingerprint density at radius 2 is 2.19 bits per heavy atom. The Kier molecular flexibility index (Phi) is 3.73. The molecule has 0 saturated heterocycles. The minimum atomic E-state index is -0.638. The molecule has 1 aromatic carbocycles. The van der Waals surface area contributed by atoms with Crippen LogP contribution in [-0.2, 0) is 4.79 Å². The molecule has 0 atom stereocenters. The lowest BCUT2D eigenvalue weighted by Crippen LogP contribution is -2.05. The second-order valence-corrected chi connectivity index (χ2v) is 2.86. The zero-order valence-electron chi connectivity index (χ0n) is 8.51. The summed E-state index contributed by atoms with van der Waals surface area (Å²) in [5.41, 5.74) is 5.23. The summed E-state index contributed by atoms with van der Waals surface area (Å²) in [5.74, 6) is -0.960. The molecule has 0 aliphatic rings. The molecule has 6 nitrogen and oxygen atoms in total. The third-order valence-corrected chi connectivity index (χ3v) is 1.86. The third-order valence-electron chi connectivity index (χ3n) is 1.86. The first-order valence-corrected chi connectivity index (χ1v) is 4.29. The zero-order chi connectivity index (χ0) is 12.1. The Balaban J connectivity index is 3.18. The molecule has 0 aromatic heterocycles. The molecule has 6 heteroatoms. The van der Waals surface area contributed by atoms with Crippen LogP contribution in [0.1, 0.15) is 5.56 Å². The van der Waals surface area contributed by atoms with Crippen LogP contribution < -0.4 is 15.4 Å². The first kappa shape index (κ1) is 11.9. The van der Waals surface area contributed by atoms with E-state index < -0.39 is 5.91 Å². The summed E-state index contributed by atoms with van der Waals surface area (Å²) in [6.07, 6.45) is 2.41. The monoisotopic (exact) mass is 225 g/mol. The summed E-state index contributed by atoms with van der Waals surface area (Å²) in [4.78, 5) is 14.5. The first-order chi connectivity index (χ1) is 7.60. The SMILES string of the molecule is COc1c(OO)ccc(C=CC(N)=O)c1O. The van der Waals surface area contributed by atoms with Crippen molar-refractivity contribution in [3.8, 4) is 17.2 Å². The van der Waals surface area contributed by atoms with E-state index in [-0.39, 0.29) is 17.2 Å². The highest BCUT2D eigenvalue weighted by molar-refractivity contribution is 5.91. The van der Waals surface area contributed by atoms with Crippen molar-refractivity contribution in [1.29, 1.82) is 0 Å². The van der Waals surface area contributed by atoms with Crippen molar-refractivity contribution in [2.24, 2.45) is 5.73 Å². The lowest BCUT2D eigenvalue weighted by molar-refractivity contribution is -0.139. The van der Waals surface area contributed by atoms with Crippen molar-refractivity contribution < 1.29 is 24.8 Å². The largest absolute Gasteiger partial charge is 0.504 e. The van der Waals surface area contributed by atoms with Gasteiger partial charge in [-0.25, -0.2) is 5.26 Å². The summed E-state index contributed by atoms with van der Waals surface area (Å²) < 4.78 is 4.83. The second kappa shape index (κ2) is 5.04. The molecule has 1 amide bonds. The van der Waals surface area contributed by atoms with E-state index in [1.165, 1.54) is 25.3 Å². The molecule has 0 fully saturated rings. The smallest absolute Gasteiger partial charge is 0.241 e. The van der Waals surface area contributed by atoms with Crippen LogP contribution in [0.5, 0.6) is 17.2 Å². The number of hydrogen-bond donors (Lipinski definition) is 3. The van der Waals surface area contributed by atoms with Gasteiger partial charge in [-0.1, -0.05) is 0 Å². The standard InChI is InChI=1S/C10H11NO5/c1-15-10-7(16-14)4-2-6(9(10)13)3-5-8(11)12/h2-5,13-14H,1H3,(H2,11,12). The number of hydrogen-bond acceptors (Lipinski definition) is 5. The lowest BCUT2D eigenvalue weighted by atomic mass is 10.1. The molecule has 0 spiro atoms. The highest BCUT2D eigenvalue weighted by Gasteiger charge is 2.13. The van der Waals surface area contributed by atoms with Gasteiger partial charge < -0.3 is 20.5 Å². The molecule has 0 saturated carbocycles. The summed E-state index contributed by atoms with van der Waals surface area (Å²) in [7, 11) is 1.30. The maximum absolute atomic E-state index is 10.5. The number of methoxy groups -OCH3 is 1. The third kappa shape index (κ3) is 2.43. The van der Waals surface area contributed by atoms with Crippen LogP contribution in [0.15, 0.2) is 18.2 Å². The molecule has 0 radical (unpaired) electrons. The van der Waals surface area contributed by atoms with Gasteiger partial charge in [-0.05, 0) is 18.2 Å². The van der Waals surface area contributed by atoms with E-state index in [1.807, 2.05) is 0 Å². The van der Waals surface area contributed by atoms with Crippen molar-refractivity contribution in [2.75, 3.05) is 7.11 Å². The highest BCUT2D eigenvalue weighted by Crippen LogP contribution is 2.39. The van der Waals surface area contributed by atoms with Crippen LogP contribution in [0.4, 0.5) is 0 Å². The molecule has 16 heavy (non-hydrogen) atoms. The minimum absolute atomic E-state index is 0.0313. The topological polar surface area (TPSA) is 102 Å². The van der Waals surface area contributed by atoms with Crippen LogP contribution >= 0.6 is 0 Å². The van der Waals surface area contributed by atoms with Gasteiger partial charge in [-0.3, -0.25) is 4.79 Å². The van der Waals surface area contributed by atoms with Gasteiger partial charge in [0.15, 0.2) is 5.75 Å². The Labute approximate surface area is 91.4 Å². The fourth-order valence-electron chi connectivity index (χ4n) is 1.14. The number of rotatable bonds is 4. The molecule has 0 unspecified atom stereocenters. The molecule has 0 heterocycles. The van der Waals surface area contributed by atoms with E-state index in [0.29, 0.717) is 5.56 Å². The van der Waals surface area contributed by atoms with E-state index in [0.717, 1.165) is 6.08 Å². The number of nitrogens with two attached hydrogens (primary N) is 1. The fourth-order valence-corrected chi connectivity index (χ4v) is 1.14. The predicted molar refractivity (Wildman–Crippen MR) is 56.1 cm³/mol. The fraction of sp³-hybridized carbons (Fsp3) is 0.100. The minimum Gasteiger partial charge on any atom is -0.504 e. The van der Waals surface area contributed by atoms with Gasteiger partial charge in [0.2, 0.25) is 17.4 Å². The van der Waals surface area contributed by atoms with Crippen molar-refractivity contribution >= 4 is 12.0 Å². The summed E-state index contributed by atoms with van der Waals surface area (Å²) >= 11 is 0. The predicted octanol–water partition coefficient (Wildman–Crippen LogP) is 0.751. The van der Waals surface area contributed by atoms with Crippen molar-refractivity contribution in [2.45, 2.75) is 0 Å². The van der Waals surface area contributed by atoms with E-state index >= 15 is 0 Å². The normalized spacial score (nSPS) is 10.4. The first-order valence-electron chi connectivity index (χ1n) is 4.29. The summed E-state index contributed by atoms with van der Waals surface area (Å²) in [6.45, 7) is 0. The number of benzene rings is 1. The number of amides is 1. The highest BCUT2D eigenvalue weighted by atomic mass is 17.1.